The second kappa shape index (κ2) is 7.87. The summed E-state index contributed by atoms with van der Waals surface area (Å²) in [4.78, 5) is 24.8. The van der Waals surface area contributed by atoms with Gasteiger partial charge in [0.05, 0.1) is 6.61 Å². The fourth-order valence-electron chi connectivity index (χ4n) is 2.07. The normalized spacial score (nSPS) is 17.9. The number of rotatable bonds is 5. The van der Waals surface area contributed by atoms with Gasteiger partial charge in [-0.05, 0) is 32.9 Å². The molecule has 0 atom stereocenters. The fourth-order valence-corrected chi connectivity index (χ4v) is 2.07. The molecular weight excluding hydrogens is 232 g/mol. The number of hydrogen-bond donors (Lipinski definition) is 1. The van der Waals surface area contributed by atoms with Crippen molar-refractivity contribution < 1.29 is 14.3 Å². The Bertz CT molecular complexity index is 307. The third-order valence-corrected chi connectivity index (χ3v) is 3.11. The number of likely N-dealkylation sites (tertiary alicyclic amines) is 1. The first-order valence-electron chi connectivity index (χ1n) is 6.44. The van der Waals surface area contributed by atoms with Gasteiger partial charge in [-0.25, -0.2) is 4.79 Å². The number of ether oxygens (including phenoxy) is 1. The Morgan fingerprint density at radius 2 is 2.06 bits per heavy atom. The second-order valence-electron chi connectivity index (χ2n) is 4.34. The van der Waals surface area contributed by atoms with Gasteiger partial charge in [-0.1, -0.05) is 6.08 Å². The molecule has 5 heteroatoms. The van der Waals surface area contributed by atoms with Crippen molar-refractivity contribution in [2.45, 2.75) is 19.8 Å². The van der Waals surface area contributed by atoms with E-state index in [2.05, 4.69) is 10.2 Å². The van der Waals surface area contributed by atoms with Crippen molar-refractivity contribution in [3.05, 3.63) is 12.2 Å². The zero-order chi connectivity index (χ0) is 13.4. The number of carbonyl (C=O) groups is 2. The molecule has 102 valence electrons. The molecule has 0 aliphatic carbocycles. The summed E-state index contributed by atoms with van der Waals surface area (Å²) in [6, 6.07) is 0. The van der Waals surface area contributed by atoms with Gasteiger partial charge in [0.1, 0.15) is 0 Å². The van der Waals surface area contributed by atoms with Crippen molar-refractivity contribution in [2.24, 2.45) is 5.92 Å². The highest BCUT2D eigenvalue weighted by Gasteiger charge is 2.23. The van der Waals surface area contributed by atoms with E-state index in [1.165, 1.54) is 6.08 Å². The molecule has 1 fully saturated rings. The number of nitrogens with zero attached hydrogens (tertiary/aromatic N) is 1. The van der Waals surface area contributed by atoms with E-state index < -0.39 is 0 Å². The number of nitrogens with one attached hydrogen (secondary N) is 1. The molecule has 1 heterocycles. The number of hydrogen-bond acceptors (Lipinski definition) is 4. The van der Waals surface area contributed by atoms with Crippen LogP contribution >= 0.6 is 0 Å². The van der Waals surface area contributed by atoms with E-state index in [9.17, 15) is 9.59 Å². The third-order valence-electron chi connectivity index (χ3n) is 3.11. The Hall–Kier alpha value is -1.36. The van der Waals surface area contributed by atoms with Crippen molar-refractivity contribution in [3.8, 4) is 0 Å². The maximum atomic E-state index is 11.4. The van der Waals surface area contributed by atoms with Crippen LogP contribution in [0.5, 0.6) is 0 Å². The Kier molecular flexibility index (Phi) is 6.43. The van der Waals surface area contributed by atoms with Crippen molar-refractivity contribution in [2.75, 3.05) is 33.3 Å². The maximum Gasteiger partial charge on any atom is 0.330 e. The average molecular weight is 254 g/mol. The number of piperidine rings is 1. The van der Waals surface area contributed by atoms with Crippen LogP contribution in [0.2, 0.25) is 0 Å². The standard InChI is InChI=1S/C13H22N2O3/c1-3-18-12(16)5-4-8-15-9-6-11(7-10-15)13(17)14-2/h4-5,11H,3,6-10H2,1-2H3,(H,14,17)/b5-4+. The summed E-state index contributed by atoms with van der Waals surface area (Å²) >= 11 is 0. The predicted octanol–water partition coefficient (Wildman–Crippen LogP) is 0.564. The molecule has 0 saturated carbocycles. The lowest BCUT2D eigenvalue weighted by molar-refractivity contribution is -0.137. The minimum Gasteiger partial charge on any atom is -0.463 e. The fraction of sp³-hybridized carbons (Fsp3) is 0.692. The van der Waals surface area contributed by atoms with Gasteiger partial charge in [-0.2, -0.15) is 0 Å². The zero-order valence-corrected chi connectivity index (χ0v) is 11.1. The van der Waals surface area contributed by atoms with Gasteiger partial charge < -0.3 is 10.1 Å². The SMILES string of the molecule is CCOC(=O)/C=C/CN1CCC(C(=O)NC)CC1. The van der Waals surface area contributed by atoms with E-state index in [1.807, 2.05) is 6.08 Å². The molecule has 0 aromatic carbocycles. The maximum absolute atomic E-state index is 11.4. The van der Waals surface area contributed by atoms with Gasteiger partial charge in [0.25, 0.3) is 0 Å². The van der Waals surface area contributed by atoms with Gasteiger partial charge in [0.15, 0.2) is 0 Å². The van der Waals surface area contributed by atoms with Gasteiger partial charge >= 0.3 is 5.97 Å². The van der Waals surface area contributed by atoms with Crippen LogP contribution in [0.3, 0.4) is 0 Å². The van der Waals surface area contributed by atoms with Crippen LogP contribution in [-0.2, 0) is 14.3 Å². The van der Waals surface area contributed by atoms with Crippen molar-refractivity contribution in [1.29, 1.82) is 0 Å². The summed E-state index contributed by atoms with van der Waals surface area (Å²) in [6.45, 7) is 4.71. The Labute approximate surface area is 108 Å². The molecule has 1 N–H and O–H groups in total. The summed E-state index contributed by atoms with van der Waals surface area (Å²) in [6.07, 6.45) is 5.05. The topological polar surface area (TPSA) is 58.6 Å². The minimum absolute atomic E-state index is 0.136. The van der Waals surface area contributed by atoms with Crippen LogP contribution in [-0.4, -0.2) is 50.1 Å². The molecule has 0 spiro atoms. The van der Waals surface area contributed by atoms with Crippen LogP contribution < -0.4 is 5.32 Å². The third kappa shape index (κ3) is 4.87. The molecule has 5 nitrogen and oxygen atoms in total. The van der Waals surface area contributed by atoms with E-state index in [1.54, 1.807) is 14.0 Å². The molecule has 18 heavy (non-hydrogen) atoms. The van der Waals surface area contributed by atoms with Crippen LogP contribution in [0.15, 0.2) is 12.2 Å². The Morgan fingerprint density at radius 1 is 1.39 bits per heavy atom. The molecule has 1 rings (SSSR count). The van der Waals surface area contributed by atoms with Crippen LogP contribution in [0.25, 0.3) is 0 Å². The highest BCUT2D eigenvalue weighted by Crippen LogP contribution is 2.16. The molecule has 1 amide bonds. The minimum atomic E-state index is -0.294. The number of esters is 1. The zero-order valence-electron chi connectivity index (χ0n) is 11.1. The Balaban J connectivity index is 2.23. The summed E-state index contributed by atoms with van der Waals surface area (Å²) in [7, 11) is 1.68. The van der Waals surface area contributed by atoms with E-state index in [0.29, 0.717) is 6.61 Å². The first-order valence-corrected chi connectivity index (χ1v) is 6.44. The molecule has 1 saturated heterocycles. The van der Waals surface area contributed by atoms with Crippen LogP contribution in [0.1, 0.15) is 19.8 Å². The first kappa shape index (κ1) is 14.7. The lowest BCUT2D eigenvalue weighted by Crippen LogP contribution is -2.39. The Morgan fingerprint density at radius 3 is 2.61 bits per heavy atom. The molecule has 0 aromatic heterocycles. The molecule has 1 aliphatic heterocycles. The molecule has 0 radical (unpaired) electrons. The lowest BCUT2D eigenvalue weighted by atomic mass is 9.96. The predicted molar refractivity (Wildman–Crippen MR) is 69.0 cm³/mol. The molecule has 0 bridgehead atoms. The van der Waals surface area contributed by atoms with E-state index in [0.717, 1.165) is 32.5 Å². The van der Waals surface area contributed by atoms with E-state index in [4.69, 9.17) is 4.74 Å². The van der Waals surface area contributed by atoms with Gasteiger partial charge in [0.2, 0.25) is 5.91 Å². The number of carbonyl (C=O) groups excluding carboxylic acids is 2. The largest absolute Gasteiger partial charge is 0.463 e. The van der Waals surface area contributed by atoms with Gasteiger partial charge in [0, 0.05) is 25.6 Å². The molecule has 1 aliphatic rings. The smallest absolute Gasteiger partial charge is 0.330 e. The van der Waals surface area contributed by atoms with Gasteiger partial charge in [-0.15, -0.1) is 0 Å². The summed E-state index contributed by atoms with van der Waals surface area (Å²) in [5, 5.41) is 2.69. The highest BCUT2D eigenvalue weighted by molar-refractivity contribution is 5.81. The summed E-state index contributed by atoms with van der Waals surface area (Å²) in [5.74, 6) is -0.0188. The van der Waals surface area contributed by atoms with E-state index >= 15 is 0 Å². The molecule has 0 aromatic rings. The summed E-state index contributed by atoms with van der Waals surface area (Å²) in [5.41, 5.74) is 0. The monoisotopic (exact) mass is 254 g/mol. The second-order valence-corrected chi connectivity index (χ2v) is 4.34. The average Bonchev–Trinajstić information content (AvgIpc) is 2.39. The van der Waals surface area contributed by atoms with Gasteiger partial charge in [-0.3, -0.25) is 9.69 Å². The van der Waals surface area contributed by atoms with Crippen LogP contribution in [0, 0.1) is 5.92 Å². The molecule has 0 unspecified atom stereocenters. The van der Waals surface area contributed by atoms with Crippen molar-refractivity contribution in [3.63, 3.8) is 0 Å². The molecular formula is C13H22N2O3. The van der Waals surface area contributed by atoms with Crippen LogP contribution in [0.4, 0.5) is 0 Å². The quantitative estimate of drug-likeness (QED) is 0.575. The highest BCUT2D eigenvalue weighted by atomic mass is 16.5. The lowest BCUT2D eigenvalue weighted by Gasteiger charge is -2.30. The van der Waals surface area contributed by atoms with Crippen molar-refractivity contribution >= 4 is 11.9 Å². The number of amides is 1. The first-order chi connectivity index (χ1) is 8.67. The van der Waals surface area contributed by atoms with Crippen molar-refractivity contribution in [1.82, 2.24) is 10.2 Å². The van der Waals surface area contributed by atoms with E-state index in [-0.39, 0.29) is 17.8 Å². The summed E-state index contributed by atoms with van der Waals surface area (Å²) < 4.78 is 4.80.